The lowest BCUT2D eigenvalue weighted by atomic mass is 10.2. The molecule has 0 spiro atoms. The summed E-state index contributed by atoms with van der Waals surface area (Å²) in [5.74, 6) is 0. The molecule has 2 N–H and O–H groups in total. The first-order valence-electron chi connectivity index (χ1n) is 5.96. The lowest BCUT2D eigenvalue weighted by Crippen LogP contribution is -1.98. The number of hydrogen-bond donors (Lipinski definition) is 2. The molecule has 0 atom stereocenters. The minimum absolute atomic E-state index is 0.723. The largest absolute Gasteiger partial charge is 0.356 e. The van der Waals surface area contributed by atoms with E-state index in [-0.39, 0.29) is 0 Å². The monoisotopic (exact) mass is 258 g/mol. The van der Waals surface area contributed by atoms with E-state index in [9.17, 15) is 0 Å². The second-order valence-corrected chi connectivity index (χ2v) is 5.14. The lowest BCUT2D eigenvalue weighted by Gasteiger charge is -1.97. The number of hydrogen-bond acceptors (Lipinski definition) is 4. The van der Waals surface area contributed by atoms with Gasteiger partial charge in [0.2, 0.25) is 0 Å². The number of nitrogens with one attached hydrogen (secondary N) is 2. The Balaban J connectivity index is 1.80. The molecule has 4 nitrogen and oxygen atoms in total. The Labute approximate surface area is 109 Å². The lowest BCUT2D eigenvalue weighted by molar-refractivity contribution is 1.07. The molecule has 3 rings (SSSR count). The molecule has 5 heteroatoms. The van der Waals surface area contributed by atoms with Gasteiger partial charge in [0.25, 0.3) is 0 Å². The average Bonchev–Trinajstić information content (AvgIpc) is 3.04. The van der Waals surface area contributed by atoms with E-state index in [1.807, 2.05) is 6.20 Å². The highest BCUT2D eigenvalue weighted by Crippen LogP contribution is 2.27. The zero-order valence-electron chi connectivity index (χ0n) is 10.1. The van der Waals surface area contributed by atoms with Gasteiger partial charge in [-0.1, -0.05) is 24.3 Å². The summed E-state index contributed by atoms with van der Waals surface area (Å²) in [5, 5.41) is 4.26. The molecule has 0 radical (unpaired) electrons. The van der Waals surface area contributed by atoms with E-state index in [2.05, 4.69) is 45.4 Å². The summed E-state index contributed by atoms with van der Waals surface area (Å²) in [6.07, 6.45) is 4.56. The Morgan fingerprint density at radius 2 is 2.33 bits per heavy atom. The zero-order valence-corrected chi connectivity index (χ0v) is 10.9. The van der Waals surface area contributed by atoms with Crippen LogP contribution in [0.15, 0.2) is 30.7 Å². The van der Waals surface area contributed by atoms with Crippen LogP contribution in [0.2, 0.25) is 0 Å². The molecule has 0 fully saturated rings. The first-order valence-corrected chi connectivity index (χ1v) is 6.77. The molecule has 0 unspecified atom stereocenters. The Hall–Kier alpha value is -1.88. The summed E-state index contributed by atoms with van der Waals surface area (Å²) in [6, 6.07) is 6.45. The van der Waals surface area contributed by atoms with Crippen molar-refractivity contribution in [2.24, 2.45) is 0 Å². The van der Waals surface area contributed by atoms with Crippen LogP contribution in [0.5, 0.6) is 0 Å². The molecular formula is C13H14N4S. The number of aromatic amines is 1. The van der Waals surface area contributed by atoms with Gasteiger partial charge in [-0.3, -0.25) is 0 Å². The van der Waals surface area contributed by atoms with Crippen molar-refractivity contribution in [3.05, 3.63) is 42.0 Å². The number of anilines is 1. The van der Waals surface area contributed by atoms with Crippen molar-refractivity contribution < 1.29 is 0 Å². The highest BCUT2D eigenvalue weighted by molar-refractivity contribution is 7.22. The molecular weight excluding hydrogens is 244 g/mol. The van der Waals surface area contributed by atoms with Gasteiger partial charge in [-0.2, -0.15) is 0 Å². The predicted octanol–water partition coefficient (Wildman–Crippen LogP) is 3.19. The van der Waals surface area contributed by atoms with Gasteiger partial charge in [-0.25, -0.2) is 9.97 Å². The Morgan fingerprint density at radius 3 is 3.11 bits per heavy atom. The van der Waals surface area contributed by atoms with Crippen molar-refractivity contribution in [3.63, 3.8) is 0 Å². The first-order chi connectivity index (χ1) is 8.85. The van der Waals surface area contributed by atoms with Crippen molar-refractivity contribution in [2.75, 3.05) is 5.32 Å². The van der Waals surface area contributed by atoms with E-state index < -0.39 is 0 Å². The molecule has 18 heavy (non-hydrogen) atoms. The van der Waals surface area contributed by atoms with Crippen LogP contribution < -0.4 is 5.32 Å². The van der Waals surface area contributed by atoms with Crippen LogP contribution in [-0.4, -0.2) is 15.0 Å². The molecule has 0 bridgehead atoms. The van der Waals surface area contributed by atoms with Gasteiger partial charge < -0.3 is 10.3 Å². The van der Waals surface area contributed by atoms with E-state index in [1.165, 1.54) is 10.3 Å². The van der Waals surface area contributed by atoms with Crippen LogP contribution >= 0.6 is 11.3 Å². The molecule has 0 aliphatic rings. The first kappa shape index (κ1) is 11.2. The SMILES string of the molecule is CCc1ccc2nc(NCc3cnc[nH]3)sc2c1. The highest BCUT2D eigenvalue weighted by Gasteiger charge is 2.04. The third-order valence-electron chi connectivity index (χ3n) is 2.85. The molecule has 0 aliphatic heterocycles. The molecule has 0 aliphatic carbocycles. The molecule has 2 aromatic heterocycles. The second kappa shape index (κ2) is 4.78. The maximum absolute atomic E-state index is 4.56. The Kier molecular flexibility index (Phi) is 2.98. The van der Waals surface area contributed by atoms with Gasteiger partial charge in [0.15, 0.2) is 5.13 Å². The number of benzene rings is 1. The van der Waals surface area contributed by atoms with Crippen molar-refractivity contribution in [2.45, 2.75) is 19.9 Å². The standard InChI is InChI=1S/C13H14N4S/c1-2-9-3-4-11-12(5-9)18-13(17-11)15-7-10-6-14-8-16-10/h3-6,8H,2,7H2,1H3,(H,14,16)(H,15,17). The smallest absolute Gasteiger partial charge is 0.184 e. The van der Waals surface area contributed by atoms with Gasteiger partial charge >= 0.3 is 0 Å². The minimum Gasteiger partial charge on any atom is -0.356 e. The van der Waals surface area contributed by atoms with Crippen molar-refractivity contribution in [1.82, 2.24) is 15.0 Å². The molecule has 3 aromatic rings. The van der Waals surface area contributed by atoms with Crippen molar-refractivity contribution >= 4 is 26.7 Å². The Morgan fingerprint density at radius 1 is 1.39 bits per heavy atom. The zero-order chi connectivity index (χ0) is 12.4. The Bertz CT molecular complexity index is 642. The quantitative estimate of drug-likeness (QED) is 0.755. The summed E-state index contributed by atoms with van der Waals surface area (Å²) in [5.41, 5.74) is 3.47. The summed E-state index contributed by atoms with van der Waals surface area (Å²) < 4.78 is 1.24. The van der Waals surface area contributed by atoms with Crippen LogP contribution in [0.1, 0.15) is 18.2 Å². The predicted molar refractivity (Wildman–Crippen MR) is 74.9 cm³/mol. The van der Waals surface area contributed by atoms with E-state index >= 15 is 0 Å². The number of imidazole rings is 1. The maximum Gasteiger partial charge on any atom is 0.184 e. The third kappa shape index (κ3) is 2.22. The number of aromatic nitrogens is 3. The number of H-pyrrole nitrogens is 1. The third-order valence-corrected chi connectivity index (χ3v) is 3.82. The van der Waals surface area contributed by atoms with Crippen molar-refractivity contribution in [1.29, 1.82) is 0 Å². The minimum atomic E-state index is 0.723. The van der Waals surface area contributed by atoms with E-state index in [0.717, 1.165) is 29.3 Å². The maximum atomic E-state index is 4.56. The van der Waals surface area contributed by atoms with E-state index in [4.69, 9.17) is 0 Å². The fourth-order valence-electron chi connectivity index (χ4n) is 1.82. The summed E-state index contributed by atoms with van der Waals surface area (Å²) >= 11 is 1.69. The molecule has 0 amide bonds. The van der Waals surface area contributed by atoms with Crippen molar-refractivity contribution in [3.8, 4) is 0 Å². The van der Waals surface area contributed by atoms with E-state index in [0.29, 0.717) is 0 Å². The summed E-state index contributed by atoms with van der Waals surface area (Å²) in [6.45, 7) is 2.89. The second-order valence-electron chi connectivity index (χ2n) is 4.11. The van der Waals surface area contributed by atoms with Gasteiger partial charge in [0.05, 0.1) is 28.8 Å². The average molecular weight is 258 g/mol. The number of aryl methyl sites for hydroxylation is 1. The van der Waals surface area contributed by atoms with E-state index in [1.54, 1.807) is 17.7 Å². The molecule has 0 saturated carbocycles. The van der Waals surface area contributed by atoms with Gasteiger partial charge in [-0.15, -0.1) is 0 Å². The van der Waals surface area contributed by atoms with Gasteiger partial charge in [-0.05, 0) is 24.1 Å². The van der Waals surface area contributed by atoms with Crippen LogP contribution in [0.25, 0.3) is 10.2 Å². The van der Waals surface area contributed by atoms with Crippen LogP contribution in [0.4, 0.5) is 5.13 Å². The molecule has 1 aromatic carbocycles. The molecule has 0 saturated heterocycles. The molecule has 92 valence electrons. The number of thiazole rings is 1. The normalized spacial score (nSPS) is 10.9. The topological polar surface area (TPSA) is 53.6 Å². The van der Waals surface area contributed by atoms with Gasteiger partial charge in [0.1, 0.15) is 0 Å². The summed E-state index contributed by atoms with van der Waals surface area (Å²) in [7, 11) is 0. The van der Waals surface area contributed by atoms with Gasteiger partial charge in [0, 0.05) is 6.20 Å². The number of fused-ring (bicyclic) bond motifs is 1. The summed E-state index contributed by atoms with van der Waals surface area (Å²) in [4.78, 5) is 11.6. The molecule has 2 heterocycles. The number of nitrogens with zero attached hydrogens (tertiary/aromatic N) is 2. The van der Waals surface area contributed by atoms with Crippen LogP contribution in [0.3, 0.4) is 0 Å². The van der Waals surface area contributed by atoms with Crippen LogP contribution in [-0.2, 0) is 13.0 Å². The highest BCUT2D eigenvalue weighted by atomic mass is 32.1. The van der Waals surface area contributed by atoms with Crippen LogP contribution in [0, 0.1) is 0 Å². The number of rotatable bonds is 4. The fraction of sp³-hybridized carbons (Fsp3) is 0.231. The fourth-order valence-corrected chi connectivity index (χ4v) is 2.74.